The molecule has 2 aromatic rings. The fourth-order valence-electron chi connectivity index (χ4n) is 2.99. The quantitative estimate of drug-likeness (QED) is 0.821. The summed E-state index contributed by atoms with van der Waals surface area (Å²) in [5.41, 5.74) is 2.60. The van der Waals surface area contributed by atoms with Crippen molar-refractivity contribution in [1.29, 1.82) is 0 Å². The van der Waals surface area contributed by atoms with Crippen LogP contribution in [-0.2, 0) is 0 Å². The van der Waals surface area contributed by atoms with Gasteiger partial charge in [-0.25, -0.2) is 4.98 Å². The van der Waals surface area contributed by atoms with E-state index < -0.39 is 0 Å². The van der Waals surface area contributed by atoms with Crippen LogP contribution in [0.5, 0.6) is 0 Å². The Balaban J connectivity index is 1.65. The molecule has 1 saturated carbocycles. The Hall–Kier alpha value is -1.62. The predicted molar refractivity (Wildman–Crippen MR) is 89.5 cm³/mol. The molecule has 112 valence electrons. The molecule has 1 aliphatic rings. The van der Waals surface area contributed by atoms with Gasteiger partial charge in [0.2, 0.25) is 0 Å². The lowest BCUT2D eigenvalue weighted by molar-refractivity contribution is 0.309. The molecule has 2 atom stereocenters. The third-order valence-electron chi connectivity index (χ3n) is 4.18. The van der Waals surface area contributed by atoms with Crippen molar-refractivity contribution < 1.29 is 4.42 Å². The highest BCUT2D eigenvalue weighted by Gasteiger charge is 2.21. The van der Waals surface area contributed by atoms with Crippen molar-refractivity contribution in [3.8, 4) is 0 Å². The number of rotatable bonds is 2. The third kappa shape index (κ3) is 3.35. The second-order valence-corrected chi connectivity index (χ2v) is 6.29. The van der Waals surface area contributed by atoms with E-state index >= 15 is 0 Å². The Kier molecular flexibility index (Phi) is 4.10. The number of anilines is 1. The van der Waals surface area contributed by atoms with E-state index in [1.54, 1.807) is 0 Å². The molecule has 0 aliphatic heterocycles. The van der Waals surface area contributed by atoms with E-state index in [9.17, 15) is 0 Å². The van der Waals surface area contributed by atoms with Crippen molar-refractivity contribution in [3.63, 3.8) is 0 Å². The molecule has 2 N–H and O–H groups in total. The number of fused-ring (bicyclic) bond motifs is 1. The molecule has 0 amide bonds. The summed E-state index contributed by atoms with van der Waals surface area (Å²) in [7, 11) is 0. The highest BCUT2D eigenvalue weighted by Crippen LogP contribution is 2.24. The second-order valence-electron chi connectivity index (χ2n) is 5.88. The van der Waals surface area contributed by atoms with E-state index in [0.717, 1.165) is 16.8 Å². The average Bonchev–Trinajstić information content (AvgIpc) is 2.80. The molecule has 3 rings (SSSR count). The van der Waals surface area contributed by atoms with Gasteiger partial charge >= 0.3 is 0 Å². The highest BCUT2D eigenvalue weighted by molar-refractivity contribution is 7.80. The van der Waals surface area contributed by atoms with Crippen LogP contribution in [0.4, 0.5) is 5.69 Å². The van der Waals surface area contributed by atoms with Crippen molar-refractivity contribution in [2.75, 3.05) is 5.32 Å². The largest absolute Gasteiger partial charge is 0.441 e. The van der Waals surface area contributed by atoms with Gasteiger partial charge in [-0.15, -0.1) is 0 Å². The number of aromatic nitrogens is 1. The summed E-state index contributed by atoms with van der Waals surface area (Å²) in [6.07, 6.45) is 5.10. The monoisotopic (exact) mass is 303 g/mol. The first kappa shape index (κ1) is 14.3. The second kappa shape index (κ2) is 6.02. The van der Waals surface area contributed by atoms with Crippen LogP contribution in [0.3, 0.4) is 0 Å². The Morgan fingerprint density at radius 1 is 1.33 bits per heavy atom. The molecule has 0 saturated heterocycles. The molecule has 1 aliphatic carbocycles. The van der Waals surface area contributed by atoms with Crippen LogP contribution in [0.1, 0.15) is 38.5 Å². The van der Waals surface area contributed by atoms with Gasteiger partial charge in [0, 0.05) is 18.7 Å². The molecule has 0 radical (unpaired) electrons. The van der Waals surface area contributed by atoms with Gasteiger partial charge in [0.25, 0.3) is 0 Å². The third-order valence-corrected chi connectivity index (χ3v) is 4.40. The average molecular weight is 303 g/mol. The Morgan fingerprint density at radius 2 is 2.14 bits per heavy atom. The van der Waals surface area contributed by atoms with E-state index in [-0.39, 0.29) is 0 Å². The van der Waals surface area contributed by atoms with E-state index in [4.69, 9.17) is 16.6 Å². The molecular formula is C16H21N3OS. The van der Waals surface area contributed by atoms with Gasteiger partial charge in [0.05, 0.1) is 0 Å². The lowest BCUT2D eigenvalue weighted by atomic mass is 9.86. The predicted octanol–water partition coefficient (Wildman–Crippen LogP) is 4.00. The van der Waals surface area contributed by atoms with Crippen LogP contribution >= 0.6 is 12.2 Å². The van der Waals surface area contributed by atoms with Crippen molar-refractivity contribution in [2.24, 2.45) is 5.92 Å². The maximum absolute atomic E-state index is 5.48. The van der Waals surface area contributed by atoms with Gasteiger partial charge in [0.1, 0.15) is 5.52 Å². The van der Waals surface area contributed by atoms with Crippen LogP contribution in [0.2, 0.25) is 0 Å². The molecule has 0 bridgehead atoms. The summed E-state index contributed by atoms with van der Waals surface area (Å²) in [5, 5.41) is 7.38. The SMILES string of the molecule is Cc1nc2cc(NC(=S)N[C@H]3CCCC[C@H]3C)ccc2o1. The normalized spacial score (nSPS) is 22.2. The summed E-state index contributed by atoms with van der Waals surface area (Å²) in [6, 6.07) is 6.33. The van der Waals surface area contributed by atoms with E-state index in [0.29, 0.717) is 23.0 Å². The summed E-state index contributed by atoms with van der Waals surface area (Å²) in [5.74, 6) is 1.36. The van der Waals surface area contributed by atoms with Crippen LogP contribution in [0.15, 0.2) is 22.6 Å². The van der Waals surface area contributed by atoms with Crippen molar-refractivity contribution in [1.82, 2.24) is 10.3 Å². The fourth-order valence-corrected chi connectivity index (χ4v) is 3.26. The molecule has 0 unspecified atom stereocenters. The van der Waals surface area contributed by atoms with Crippen LogP contribution in [0.25, 0.3) is 11.1 Å². The summed E-state index contributed by atoms with van der Waals surface area (Å²) in [6.45, 7) is 4.15. The first-order valence-electron chi connectivity index (χ1n) is 7.56. The van der Waals surface area contributed by atoms with Gasteiger partial charge in [-0.3, -0.25) is 0 Å². The fraction of sp³-hybridized carbons (Fsp3) is 0.500. The Bertz CT molecular complexity index is 652. The molecule has 21 heavy (non-hydrogen) atoms. The van der Waals surface area contributed by atoms with Gasteiger partial charge in [-0.05, 0) is 49.2 Å². The Labute approximate surface area is 130 Å². The first-order chi connectivity index (χ1) is 10.1. The van der Waals surface area contributed by atoms with Gasteiger partial charge in [-0.2, -0.15) is 0 Å². The van der Waals surface area contributed by atoms with E-state index in [1.165, 1.54) is 25.7 Å². The van der Waals surface area contributed by atoms with Crippen molar-refractivity contribution >= 4 is 34.1 Å². The summed E-state index contributed by atoms with van der Waals surface area (Å²) >= 11 is 5.43. The van der Waals surface area contributed by atoms with Gasteiger partial charge in [0.15, 0.2) is 16.6 Å². The van der Waals surface area contributed by atoms with Crippen LogP contribution in [-0.4, -0.2) is 16.1 Å². The summed E-state index contributed by atoms with van der Waals surface area (Å²) < 4.78 is 5.48. The topological polar surface area (TPSA) is 50.1 Å². The number of benzene rings is 1. The lowest BCUT2D eigenvalue weighted by Gasteiger charge is -2.30. The minimum atomic E-state index is 0.483. The maximum atomic E-state index is 5.48. The number of hydrogen-bond donors (Lipinski definition) is 2. The number of nitrogens with one attached hydrogen (secondary N) is 2. The molecule has 5 heteroatoms. The number of hydrogen-bond acceptors (Lipinski definition) is 3. The van der Waals surface area contributed by atoms with Crippen molar-refractivity contribution in [3.05, 3.63) is 24.1 Å². The zero-order valence-corrected chi connectivity index (χ0v) is 13.3. The van der Waals surface area contributed by atoms with Gasteiger partial charge < -0.3 is 15.1 Å². The smallest absolute Gasteiger partial charge is 0.192 e. The van der Waals surface area contributed by atoms with E-state index in [2.05, 4.69) is 22.5 Å². The van der Waals surface area contributed by atoms with Crippen LogP contribution in [0, 0.1) is 12.8 Å². The molecule has 0 spiro atoms. The molecule has 1 fully saturated rings. The zero-order chi connectivity index (χ0) is 14.8. The maximum Gasteiger partial charge on any atom is 0.192 e. The zero-order valence-electron chi connectivity index (χ0n) is 12.5. The number of nitrogens with zero attached hydrogens (tertiary/aromatic N) is 1. The molecule has 1 heterocycles. The molecule has 4 nitrogen and oxygen atoms in total. The Morgan fingerprint density at radius 3 is 2.95 bits per heavy atom. The molecule has 1 aromatic carbocycles. The minimum Gasteiger partial charge on any atom is -0.441 e. The number of oxazole rings is 1. The molecular weight excluding hydrogens is 282 g/mol. The number of aryl methyl sites for hydroxylation is 1. The highest BCUT2D eigenvalue weighted by atomic mass is 32.1. The van der Waals surface area contributed by atoms with Gasteiger partial charge in [-0.1, -0.05) is 19.8 Å². The van der Waals surface area contributed by atoms with E-state index in [1.807, 2.05) is 25.1 Å². The standard InChI is InChI=1S/C16H21N3OS/c1-10-5-3-4-6-13(10)19-16(21)18-12-7-8-15-14(9-12)17-11(2)20-15/h7-10,13H,3-6H2,1-2H3,(H2,18,19,21)/t10-,13+/m1/s1. The first-order valence-corrected chi connectivity index (χ1v) is 7.97. The number of thiocarbonyl (C=S) groups is 1. The van der Waals surface area contributed by atoms with Crippen molar-refractivity contribution in [2.45, 2.75) is 45.6 Å². The minimum absolute atomic E-state index is 0.483. The van der Waals surface area contributed by atoms with Crippen LogP contribution < -0.4 is 10.6 Å². The molecule has 1 aromatic heterocycles. The summed E-state index contributed by atoms with van der Waals surface area (Å²) in [4.78, 5) is 4.34. The lowest BCUT2D eigenvalue weighted by Crippen LogP contribution is -2.43.